The second-order valence-corrected chi connectivity index (χ2v) is 8.52. The third-order valence-electron chi connectivity index (χ3n) is 6.85. The number of aliphatic hydroxyl groups is 4. The van der Waals surface area contributed by atoms with E-state index in [-0.39, 0.29) is 23.9 Å². The molecule has 0 aromatic carbocycles. The summed E-state index contributed by atoms with van der Waals surface area (Å²) >= 11 is 0. The summed E-state index contributed by atoms with van der Waals surface area (Å²) in [4.78, 5) is 0. The molecule has 1 unspecified atom stereocenters. The molecule has 5 nitrogen and oxygen atoms in total. The van der Waals surface area contributed by atoms with Crippen LogP contribution in [0.5, 0.6) is 0 Å². The fourth-order valence-corrected chi connectivity index (χ4v) is 6.15. The third-order valence-corrected chi connectivity index (χ3v) is 6.85. The Balaban J connectivity index is 1.85. The number of hydrogen-bond acceptors (Lipinski definition) is 5. The van der Waals surface area contributed by atoms with Crippen molar-refractivity contribution in [2.24, 2.45) is 28.6 Å². The van der Waals surface area contributed by atoms with Crippen LogP contribution in [-0.2, 0) is 4.74 Å². The summed E-state index contributed by atoms with van der Waals surface area (Å²) in [6.45, 7) is 6.15. The average Bonchev–Trinajstić information content (AvgIpc) is 2.82. The molecule has 0 spiro atoms. The van der Waals surface area contributed by atoms with Crippen molar-refractivity contribution in [3.05, 3.63) is 0 Å². The highest BCUT2D eigenvalue weighted by Gasteiger charge is 2.85. The zero-order valence-corrected chi connectivity index (χ0v) is 12.2. The minimum Gasteiger partial charge on any atom is -0.390 e. The normalized spacial score (nSPS) is 66.5. The maximum absolute atomic E-state index is 10.9. The number of ether oxygens (including phenoxy) is 1. The Morgan fingerprint density at radius 1 is 1.05 bits per heavy atom. The summed E-state index contributed by atoms with van der Waals surface area (Å²) in [7, 11) is 0. The van der Waals surface area contributed by atoms with Crippen molar-refractivity contribution in [1.29, 1.82) is 0 Å². The molecule has 114 valence electrons. The van der Waals surface area contributed by atoms with Gasteiger partial charge in [0.15, 0.2) is 5.79 Å². The van der Waals surface area contributed by atoms with Crippen LogP contribution in [0.1, 0.15) is 33.6 Å². The van der Waals surface area contributed by atoms with E-state index in [9.17, 15) is 20.4 Å². The molecule has 8 atom stereocenters. The highest BCUT2D eigenvalue weighted by Crippen LogP contribution is 2.74. The minimum absolute atomic E-state index is 0.0443. The first-order valence-corrected chi connectivity index (χ1v) is 7.52. The second-order valence-electron chi connectivity index (χ2n) is 8.52. The molecule has 4 rings (SSSR count). The van der Waals surface area contributed by atoms with Gasteiger partial charge in [-0.15, -0.1) is 0 Å². The van der Waals surface area contributed by atoms with Crippen LogP contribution in [0.15, 0.2) is 0 Å². The van der Waals surface area contributed by atoms with Crippen LogP contribution in [0.4, 0.5) is 0 Å². The zero-order chi connectivity index (χ0) is 14.7. The van der Waals surface area contributed by atoms with E-state index in [1.54, 1.807) is 0 Å². The Kier molecular flexibility index (Phi) is 2.19. The largest absolute Gasteiger partial charge is 0.390 e. The standard InChI is InChI=1S/C15H24O5/c1-12(2)4-7-8(5-12)13(3)10-14(18,9(7)16)6-20-15(10,19)11(13)17/h7-11,16-19H,4-6H2,1-3H3/t7-,8+,9+,10?,11+,13-,14-,15+/m1/s1. The molecule has 3 saturated carbocycles. The Labute approximate surface area is 118 Å². The first-order valence-electron chi connectivity index (χ1n) is 7.52. The molecule has 1 saturated heterocycles. The summed E-state index contributed by atoms with van der Waals surface area (Å²) in [6.07, 6.45) is -0.170. The Morgan fingerprint density at radius 3 is 2.35 bits per heavy atom. The van der Waals surface area contributed by atoms with Gasteiger partial charge in [-0.3, -0.25) is 0 Å². The summed E-state index contributed by atoms with van der Waals surface area (Å²) in [5.74, 6) is -2.24. The number of rotatable bonds is 0. The smallest absolute Gasteiger partial charge is 0.199 e. The summed E-state index contributed by atoms with van der Waals surface area (Å²) < 4.78 is 5.32. The van der Waals surface area contributed by atoms with Crippen LogP contribution < -0.4 is 0 Å². The Bertz CT molecular complexity index is 479. The first-order chi connectivity index (χ1) is 9.07. The van der Waals surface area contributed by atoms with Crippen LogP contribution in [-0.4, -0.2) is 50.6 Å². The molecule has 1 heterocycles. The van der Waals surface area contributed by atoms with Gasteiger partial charge in [-0.05, 0) is 30.1 Å². The molecule has 4 aliphatic rings. The molecular weight excluding hydrogens is 260 g/mol. The van der Waals surface area contributed by atoms with E-state index in [2.05, 4.69) is 13.8 Å². The van der Waals surface area contributed by atoms with Gasteiger partial charge in [0.1, 0.15) is 11.7 Å². The predicted octanol–water partition coefficient (Wildman–Crippen LogP) is -0.140. The topological polar surface area (TPSA) is 90.2 Å². The summed E-state index contributed by atoms with van der Waals surface area (Å²) in [5, 5.41) is 42.5. The van der Waals surface area contributed by atoms with E-state index in [1.165, 1.54) is 0 Å². The van der Waals surface area contributed by atoms with Crippen molar-refractivity contribution < 1.29 is 25.2 Å². The first kappa shape index (κ1) is 13.5. The van der Waals surface area contributed by atoms with Crippen LogP contribution in [0.25, 0.3) is 0 Å². The van der Waals surface area contributed by atoms with E-state index < -0.39 is 34.9 Å². The van der Waals surface area contributed by atoms with Crippen LogP contribution in [0, 0.1) is 28.6 Å². The lowest BCUT2D eigenvalue weighted by atomic mass is 9.40. The fourth-order valence-electron chi connectivity index (χ4n) is 6.15. The lowest BCUT2D eigenvalue weighted by molar-refractivity contribution is -0.401. The van der Waals surface area contributed by atoms with Crippen molar-refractivity contribution in [1.82, 2.24) is 0 Å². The maximum atomic E-state index is 10.9. The lowest BCUT2D eigenvalue weighted by Crippen LogP contribution is -2.81. The van der Waals surface area contributed by atoms with E-state index in [0.717, 1.165) is 12.8 Å². The second kappa shape index (κ2) is 3.25. The lowest BCUT2D eigenvalue weighted by Gasteiger charge is -2.68. The number of aliphatic hydroxyl groups excluding tert-OH is 2. The Morgan fingerprint density at radius 2 is 1.70 bits per heavy atom. The van der Waals surface area contributed by atoms with Gasteiger partial charge in [-0.25, -0.2) is 0 Å². The molecule has 4 N–H and O–H groups in total. The van der Waals surface area contributed by atoms with Crippen LogP contribution >= 0.6 is 0 Å². The van der Waals surface area contributed by atoms with E-state index in [4.69, 9.17) is 4.74 Å². The van der Waals surface area contributed by atoms with Gasteiger partial charge in [0, 0.05) is 5.41 Å². The van der Waals surface area contributed by atoms with Gasteiger partial charge >= 0.3 is 0 Å². The van der Waals surface area contributed by atoms with E-state index in [1.807, 2.05) is 6.92 Å². The highest BCUT2D eigenvalue weighted by molar-refractivity contribution is 5.30. The zero-order valence-electron chi connectivity index (χ0n) is 12.2. The Hall–Kier alpha value is -0.200. The van der Waals surface area contributed by atoms with E-state index in [0.29, 0.717) is 0 Å². The van der Waals surface area contributed by atoms with Crippen LogP contribution in [0.3, 0.4) is 0 Å². The summed E-state index contributed by atoms with van der Waals surface area (Å²) in [5.41, 5.74) is -1.94. The van der Waals surface area contributed by atoms with Crippen molar-refractivity contribution in [3.63, 3.8) is 0 Å². The van der Waals surface area contributed by atoms with Crippen molar-refractivity contribution >= 4 is 0 Å². The van der Waals surface area contributed by atoms with Crippen molar-refractivity contribution in [2.75, 3.05) is 6.61 Å². The molecule has 1 aliphatic heterocycles. The van der Waals surface area contributed by atoms with Crippen molar-refractivity contribution in [3.8, 4) is 0 Å². The van der Waals surface area contributed by atoms with Crippen molar-refractivity contribution in [2.45, 2.75) is 57.2 Å². The molecule has 5 heteroatoms. The maximum Gasteiger partial charge on any atom is 0.199 e. The van der Waals surface area contributed by atoms with E-state index >= 15 is 0 Å². The SMILES string of the molecule is CC1(C)C[C@@H]2[C@H](C1)[C@]1(C)C3[C@](O)(OC[C@@]3(O)[C@H]2O)[C@H]1O. The van der Waals surface area contributed by atoms with Gasteiger partial charge in [0.25, 0.3) is 0 Å². The minimum atomic E-state index is -1.69. The molecule has 0 radical (unpaired) electrons. The van der Waals surface area contributed by atoms with Gasteiger partial charge in [-0.2, -0.15) is 0 Å². The average molecular weight is 284 g/mol. The van der Waals surface area contributed by atoms with Gasteiger partial charge in [0.2, 0.25) is 0 Å². The number of hydrogen-bond donors (Lipinski definition) is 4. The van der Waals surface area contributed by atoms with Gasteiger partial charge < -0.3 is 25.2 Å². The molecule has 4 fully saturated rings. The summed E-state index contributed by atoms with van der Waals surface area (Å²) in [6, 6.07) is 0. The van der Waals surface area contributed by atoms with Gasteiger partial charge in [0.05, 0.1) is 18.6 Å². The highest BCUT2D eigenvalue weighted by atomic mass is 16.7. The number of fused-ring (bicyclic) bond motifs is 2. The predicted molar refractivity (Wildman–Crippen MR) is 69.5 cm³/mol. The quantitative estimate of drug-likeness (QED) is 0.497. The van der Waals surface area contributed by atoms with Crippen LogP contribution in [0.2, 0.25) is 0 Å². The molecule has 0 aromatic rings. The molecular formula is C15H24O5. The monoisotopic (exact) mass is 284 g/mol. The third kappa shape index (κ3) is 1.13. The molecule has 0 amide bonds. The molecule has 0 bridgehead atoms. The molecule has 0 aromatic heterocycles. The fraction of sp³-hybridized carbons (Fsp3) is 1.00. The van der Waals surface area contributed by atoms with Gasteiger partial charge in [-0.1, -0.05) is 20.8 Å². The molecule has 20 heavy (non-hydrogen) atoms. The molecule has 3 aliphatic carbocycles.